The molecule has 2 rings (SSSR count). The topological polar surface area (TPSA) is 54.6 Å². The third-order valence-corrected chi connectivity index (χ3v) is 2.83. The van der Waals surface area contributed by atoms with Crippen molar-refractivity contribution >= 4 is 11.5 Å². The Bertz CT molecular complexity index is 730. The Morgan fingerprint density at radius 2 is 1.95 bits per heavy atom. The van der Waals surface area contributed by atoms with Gasteiger partial charge in [-0.2, -0.15) is 0 Å². The van der Waals surface area contributed by atoms with Crippen LogP contribution in [0.4, 0.5) is 4.39 Å². The number of carbonyl (C=O) groups is 1. The lowest BCUT2D eigenvalue weighted by molar-refractivity contribution is 0.0973. The number of benzene rings is 1. The molecule has 1 aromatic carbocycles. The highest BCUT2D eigenvalue weighted by atomic mass is 19.1. The van der Waals surface area contributed by atoms with E-state index in [9.17, 15) is 14.3 Å². The average molecular weight is 272 g/mol. The van der Waals surface area contributed by atoms with E-state index in [4.69, 9.17) is 0 Å². The Kier molecular flexibility index (Phi) is 3.79. The van der Waals surface area contributed by atoms with E-state index in [1.807, 2.05) is 0 Å². The lowest BCUT2D eigenvalue weighted by Crippen LogP contribution is -2.27. The van der Waals surface area contributed by atoms with Crippen molar-refractivity contribution in [1.29, 1.82) is 0 Å². The molecule has 0 bridgehead atoms. The van der Waals surface area contributed by atoms with Gasteiger partial charge in [-0.1, -0.05) is 18.7 Å². The first-order valence-corrected chi connectivity index (χ1v) is 5.87. The van der Waals surface area contributed by atoms with Crippen molar-refractivity contribution < 1.29 is 14.3 Å². The smallest absolute Gasteiger partial charge is 0.263 e. The van der Waals surface area contributed by atoms with Gasteiger partial charge in [0.05, 0.1) is 0 Å². The van der Waals surface area contributed by atoms with E-state index >= 15 is 0 Å². The highest BCUT2D eigenvalue weighted by Gasteiger charge is 2.13. The van der Waals surface area contributed by atoms with Crippen molar-refractivity contribution in [3.8, 4) is 5.75 Å². The van der Waals surface area contributed by atoms with Crippen LogP contribution in [0.25, 0.3) is 5.57 Å². The molecular weight excluding hydrogens is 259 g/mol. The van der Waals surface area contributed by atoms with Gasteiger partial charge < -0.3 is 5.11 Å². The van der Waals surface area contributed by atoms with Gasteiger partial charge in [0.1, 0.15) is 5.82 Å². The number of aromatic hydroxyl groups is 1. The molecule has 0 unspecified atom stereocenters. The minimum Gasteiger partial charge on any atom is -0.504 e. The molecule has 0 saturated heterocycles. The van der Waals surface area contributed by atoms with Gasteiger partial charge in [-0.3, -0.25) is 14.4 Å². The number of aromatic nitrogens is 1. The minimum atomic E-state index is -0.437. The van der Waals surface area contributed by atoms with Crippen molar-refractivity contribution in [1.82, 2.24) is 4.57 Å². The lowest BCUT2D eigenvalue weighted by Gasteiger charge is -2.09. The number of hydrogen-bond acceptors (Lipinski definition) is 3. The Hall–Kier alpha value is -2.69. The Balaban J connectivity index is 2.45. The van der Waals surface area contributed by atoms with Crippen LogP contribution in [0.3, 0.4) is 0 Å². The SMILES string of the molecule is C=C(C(=O)n1cccc(O)c1=NC)c1ccc(F)cc1. The van der Waals surface area contributed by atoms with Gasteiger partial charge in [0, 0.05) is 18.8 Å². The highest BCUT2D eigenvalue weighted by molar-refractivity contribution is 6.19. The molecule has 102 valence electrons. The normalized spacial score (nSPS) is 11.4. The maximum Gasteiger partial charge on any atom is 0.263 e. The van der Waals surface area contributed by atoms with Gasteiger partial charge in [-0.05, 0) is 29.8 Å². The second kappa shape index (κ2) is 5.52. The number of nitrogens with zero attached hydrogens (tertiary/aromatic N) is 2. The summed E-state index contributed by atoms with van der Waals surface area (Å²) < 4.78 is 14.1. The number of allylic oxidation sites excluding steroid dienone is 1. The maximum atomic E-state index is 12.9. The summed E-state index contributed by atoms with van der Waals surface area (Å²) in [5.74, 6) is -0.924. The van der Waals surface area contributed by atoms with Crippen LogP contribution >= 0.6 is 0 Å². The van der Waals surface area contributed by atoms with E-state index in [-0.39, 0.29) is 22.6 Å². The Labute approximate surface area is 115 Å². The predicted octanol–water partition coefficient (Wildman–Crippen LogP) is 2.22. The quantitative estimate of drug-likeness (QED) is 0.852. The largest absolute Gasteiger partial charge is 0.504 e. The van der Waals surface area contributed by atoms with E-state index in [2.05, 4.69) is 11.6 Å². The lowest BCUT2D eigenvalue weighted by atomic mass is 10.1. The summed E-state index contributed by atoms with van der Waals surface area (Å²) >= 11 is 0. The van der Waals surface area contributed by atoms with Crippen LogP contribution in [-0.2, 0) is 0 Å². The predicted molar refractivity (Wildman–Crippen MR) is 73.6 cm³/mol. The molecule has 0 amide bonds. The summed E-state index contributed by atoms with van der Waals surface area (Å²) in [4.78, 5) is 16.2. The van der Waals surface area contributed by atoms with Crippen molar-refractivity contribution in [3.63, 3.8) is 0 Å². The van der Waals surface area contributed by atoms with Gasteiger partial charge in [0.25, 0.3) is 5.91 Å². The molecule has 4 nitrogen and oxygen atoms in total. The molecule has 0 atom stereocenters. The van der Waals surface area contributed by atoms with Crippen molar-refractivity contribution in [2.75, 3.05) is 7.05 Å². The first-order valence-electron chi connectivity index (χ1n) is 5.87. The number of halogens is 1. The van der Waals surface area contributed by atoms with Crippen LogP contribution in [-0.4, -0.2) is 22.6 Å². The van der Waals surface area contributed by atoms with Crippen LogP contribution in [0.2, 0.25) is 0 Å². The number of pyridine rings is 1. The van der Waals surface area contributed by atoms with Crippen LogP contribution in [0, 0.1) is 5.82 Å². The number of rotatable bonds is 2. The summed E-state index contributed by atoms with van der Waals surface area (Å²) in [5, 5.41) is 9.68. The number of carbonyl (C=O) groups excluding carboxylic acids is 1. The molecule has 0 aliphatic rings. The molecule has 1 aromatic heterocycles. The van der Waals surface area contributed by atoms with Crippen molar-refractivity contribution in [3.05, 3.63) is 66.0 Å². The van der Waals surface area contributed by atoms with Crippen LogP contribution < -0.4 is 5.49 Å². The zero-order valence-electron chi connectivity index (χ0n) is 10.9. The molecule has 0 spiro atoms. The first kappa shape index (κ1) is 13.7. The second-order valence-electron chi connectivity index (χ2n) is 4.10. The third-order valence-electron chi connectivity index (χ3n) is 2.83. The molecular formula is C15H13FN2O2. The molecule has 0 fully saturated rings. The van der Waals surface area contributed by atoms with Crippen molar-refractivity contribution in [2.24, 2.45) is 4.99 Å². The fourth-order valence-corrected chi connectivity index (χ4v) is 1.79. The third kappa shape index (κ3) is 2.51. The summed E-state index contributed by atoms with van der Waals surface area (Å²) in [7, 11) is 1.47. The molecule has 1 heterocycles. The Morgan fingerprint density at radius 3 is 2.55 bits per heavy atom. The van der Waals surface area contributed by atoms with E-state index in [1.54, 1.807) is 0 Å². The van der Waals surface area contributed by atoms with Crippen LogP contribution in [0.5, 0.6) is 5.75 Å². The van der Waals surface area contributed by atoms with E-state index in [0.29, 0.717) is 5.56 Å². The van der Waals surface area contributed by atoms with Gasteiger partial charge in [-0.15, -0.1) is 0 Å². The van der Waals surface area contributed by atoms with E-state index in [0.717, 1.165) is 0 Å². The molecule has 2 aromatic rings. The molecule has 0 saturated carbocycles. The van der Waals surface area contributed by atoms with Crippen LogP contribution in [0.1, 0.15) is 10.4 Å². The second-order valence-corrected chi connectivity index (χ2v) is 4.10. The first-order chi connectivity index (χ1) is 9.54. The van der Waals surface area contributed by atoms with Gasteiger partial charge >= 0.3 is 0 Å². The van der Waals surface area contributed by atoms with E-state index in [1.165, 1.54) is 54.2 Å². The average Bonchev–Trinajstić information content (AvgIpc) is 2.46. The van der Waals surface area contributed by atoms with Gasteiger partial charge in [0.15, 0.2) is 11.2 Å². The Morgan fingerprint density at radius 1 is 1.30 bits per heavy atom. The molecule has 20 heavy (non-hydrogen) atoms. The maximum absolute atomic E-state index is 12.9. The molecule has 0 aliphatic heterocycles. The van der Waals surface area contributed by atoms with Crippen LogP contribution in [0.15, 0.2) is 54.2 Å². The number of hydrogen-bond donors (Lipinski definition) is 1. The molecule has 5 heteroatoms. The molecule has 0 aliphatic carbocycles. The zero-order chi connectivity index (χ0) is 14.7. The fourth-order valence-electron chi connectivity index (χ4n) is 1.79. The fraction of sp³-hybridized carbons (Fsp3) is 0.0667. The summed E-state index contributed by atoms with van der Waals surface area (Å²) in [6.45, 7) is 3.72. The van der Waals surface area contributed by atoms with E-state index < -0.39 is 5.91 Å². The van der Waals surface area contributed by atoms with Gasteiger partial charge in [-0.25, -0.2) is 4.39 Å². The van der Waals surface area contributed by atoms with Crippen molar-refractivity contribution in [2.45, 2.75) is 0 Å². The standard InChI is InChI=1S/C15H13FN2O2/c1-10(11-5-7-12(16)8-6-11)15(20)18-9-3-4-13(19)14(18)17-2/h3-9,19H,1H2,2H3. The summed E-state index contributed by atoms with van der Waals surface area (Å²) in [6, 6.07) is 8.42. The summed E-state index contributed by atoms with van der Waals surface area (Å²) in [6.07, 6.45) is 1.49. The highest BCUT2D eigenvalue weighted by Crippen LogP contribution is 2.15. The zero-order valence-corrected chi connectivity index (χ0v) is 10.9. The monoisotopic (exact) mass is 272 g/mol. The minimum absolute atomic E-state index is 0.102. The summed E-state index contributed by atoms with van der Waals surface area (Å²) in [5.41, 5.74) is 0.834. The van der Waals surface area contributed by atoms with Gasteiger partial charge in [0.2, 0.25) is 0 Å². The molecule has 0 radical (unpaired) electrons. The molecule has 1 N–H and O–H groups in total.